The first-order chi connectivity index (χ1) is 9.58. The van der Waals surface area contributed by atoms with Gasteiger partial charge in [-0.3, -0.25) is 4.79 Å². The molecule has 0 saturated carbocycles. The highest BCUT2D eigenvalue weighted by molar-refractivity contribution is 5.76. The molecule has 0 fully saturated rings. The van der Waals surface area contributed by atoms with Crippen LogP contribution in [0.1, 0.15) is 26.1 Å². The van der Waals surface area contributed by atoms with Crippen LogP contribution in [0.4, 0.5) is 0 Å². The molecule has 1 heterocycles. The summed E-state index contributed by atoms with van der Waals surface area (Å²) in [5.41, 5.74) is 3.27. The van der Waals surface area contributed by atoms with Gasteiger partial charge in [0.15, 0.2) is 0 Å². The zero-order valence-corrected chi connectivity index (χ0v) is 12.1. The second-order valence-electron chi connectivity index (χ2n) is 5.15. The molecule has 106 valence electrons. The number of nitrogens with one attached hydrogen (secondary N) is 1. The summed E-state index contributed by atoms with van der Waals surface area (Å²) in [5, 5.41) is 2.82. The maximum Gasteiger partial charge on any atom is 0.216 e. The van der Waals surface area contributed by atoms with Gasteiger partial charge in [0.1, 0.15) is 5.82 Å². The number of aromatic nitrogens is 2. The highest BCUT2D eigenvalue weighted by atomic mass is 16.1. The minimum absolute atomic E-state index is 0.0143. The Balaban J connectivity index is 2.18. The van der Waals surface area contributed by atoms with Crippen molar-refractivity contribution in [2.75, 3.05) is 6.54 Å². The van der Waals surface area contributed by atoms with Crippen LogP contribution in [0.5, 0.6) is 0 Å². The molecule has 0 atom stereocenters. The zero-order valence-electron chi connectivity index (χ0n) is 12.1. The fraction of sp³-hybridized carbons (Fsp3) is 0.375. The molecule has 1 aromatic carbocycles. The molecule has 0 aliphatic carbocycles. The normalized spacial score (nSPS) is 10.7. The van der Waals surface area contributed by atoms with E-state index in [1.54, 1.807) is 0 Å². The molecule has 20 heavy (non-hydrogen) atoms. The minimum atomic E-state index is 0.0143. The van der Waals surface area contributed by atoms with Crippen LogP contribution >= 0.6 is 0 Å². The number of benzene rings is 1. The predicted octanol–water partition coefficient (Wildman–Crippen LogP) is 2.68. The number of allylic oxidation sites excluding steroid dienone is 1. The number of amides is 1. The van der Waals surface area contributed by atoms with E-state index >= 15 is 0 Å². The van der Waals surface area contributed by atoms with E-state index in [-0.39, 0.29) is 5.91 Å². The number of carbonyl (C=O) groups excluding carboxylic acids is 1. The molecule has 4 heteroatoms. The molecule has 0 radical (unpaired) electrons. The van der Waals surface area contributed by atoms with Crippen molar-refractivity contribution in [3.05, 3.63) is 42.2 Å². The quantitative estimate of drug-likeness (QED) is 0.648. The van der Waals surface area contributed by atoms with Gasteiger partial charge in [-0.15, -0.1) is 0 Å². The summed E-state index contributed by atoms with van der Waals surface area (Å²) < 4.78 is 2.21. The SMILES string of the molecule is C=C(C)Cn1c(CCCNC(C)=O)nc2ccccc21. The number of rotatable bonds is 6. The fourth-order valence-corrected chi connectivity index (χ4v) is 2.27. The molecular weight excluding hydrogens is 250 g/mol. The van der Waals surface area contributed by atoms with Gasteiger partial charge in [0.05, 0.1) is 11.0 Å². The summed E-state index contributed by atoms with van der Waals surface area (Å²) in [6.45, 7) is 9.03. The van der Waals surface area contributed by atoms with Gasteiger partial charge in [-0.2, -0.15) is 0 Å². The standard InChI is InChI=1S/C16H21N3O/c1-12(2)11-19-15-8-5-4-7-14(15)18-16(19)9-6-10-17-13(3)20/h4-5,7-8H,1,6,9-11H2,2-3H3,(H,17,20). The first-order valence-corrected chi connectivity index (χ1v) is 6.91. The van der Waals surface area contributed by atoms with Crippen LogP contribution in [0.15, 0.2) is 36.4 Å². The number of para-hydroxylation sites is 2. The van der Waals surface area contributed by atoms with E-state index < -0.39 is 0 Å². The second-order valence-corrected chi connectivity index (χ2v) is 5.15. The lowest BCUT2D eigenvalue weighted by molar-refractivity contribution is -0.118. The molecular formula is C16H21N3O. The molecule has 1 aromatic heterocycles. The van der Waals surface area contributed by atoms with Gasteiger partial charge in [-0.25, -0.2) is 4.98 Å². The van der Waals surface area contributed by atoms with Crippen molar-refractivity contribution in [2.24, 2.45) is 0 Å². The largest absolute Gasteiger partial charge is 0.356 e. The summed E-state index contributed by atoms with van der Waals surface area (Å²) in [7, 11) is 0. The number of carbonyl (C=O) groups is 1. The molecule has 0 aliphatic rings. The number of fused-ring (bicyclic) bond motifs is 1. The second kappa shape index (κ2) is 6.37. The monoisotopic (exact) mass is 271 g/mol. The van der Waals surface area contributed by atoms with Gasteiger partial charge in [0.2, 0.25) is 5.91 Å². The van der Waals surface area contributed by atoms with Gasteiger partial charge in [-0.1, -0.05) is 24.3 Å². The Labute approximate surface area is 119 Å². The Morgan fingerprint density at radius 1 is 1.35 bits per heavy atom. The van der Waals surface area contributed by atoms with Gasteiger partial charge < -0.3 is 9.88 Å². The van der Waals surface area contributed by atoms with Crippen LogP contribution in [0, 0.1) is 0 Å². The summed E-state index contributed by atoms with van der Waals surface area (Å²) in [4.78, 5) is 15.6. The third-order valence-corrected chi connectivity index (χ3v) is 3.11. The highest BCUT2D eigenvalue weighted by Gasteiger charge is 2.10. The molecule has 0 spiro atoms. The molecule has 0 bridgehead atoms. The van der Waals surface area contributed by atoms with Crippen molar-refractivity contribution in [1.82, 2.24) is 14.9 Å². The third-order valence-electron chi connectivity index (χ3n) is 3.11. The van der Waals surface area contributed by atoms with Crippen molar-refractivity contribution >= 4 is 16.9 Å². The first-order valence-electron chi connectivity index (χ1n) is 6.91. The molecule has 0 saturated heterocycles. The summed E-state index contributed by atoms with van der Waals surface area (Å²) in [6, 6.07) is 8.14. The topological polar surface area (TPSA) is 46.9 Å². The number of hydrogen-bond donors (Lipinski definition) is 1. The molecule has 2 rings (SSSR count). The lowest BCUT2D eigenvalue weighted by atomic mass is 10.2. The van der Waals surface area contributed by atoms with Crippen LogP contribution in [0.2, 0.25) is 0 Å². The van der Waals surface area contributed by atoms with Crippen LogP contribution in [-0.2, 0) is 17.8 Å². The van der Waals surface area contributed by atoms with E-state index in [1.807, 2.05) is 25.1 Å². The Hall–Kier alpha value is -2.10. The first kappa shape index (κ1) is 14.3. The van der Waals surface area contributed by atoms with Gasteiger partial charge in [0, 0.05) is 26.4 Å². The molecule has 1 N–H and O–H groups in total. The van der Waals surface area contributed by atoms with Gasteiger partial charge >= 0.3 is 0 Å². The van der Waals surface area contributed by atoms with Crippen LogP contribution in [-0.4, -0.2) is 22.0 Å². The average Bonchev–Trinajstić information content (AvgIpc) is 2.72. The smallest absolute Gasteiger partial charge is 0.216 e. The molecule has 4 nitrogen and oxygen atoms in total. The zero-order chi connectivity index (χ0) is 14.5. The maximum atomic E-state index is 10.9. The number of hydrogen-bond acceptors (Lipinski definition) is 2. The van der Waals surface area contributed by atoms with Crippen molar-refractivity contribution in [3.8, 4) is 0 Å². The Bertz CT molecular complexity index is 628. The Kier molecular flexibility index (Phi) is 4.56. The summed E-state index contributed by atoms with van der Waals surface area (Å²) in [5.74, 6) is 1.07. The molecule has 0 unspecified atom stereocenters. The van der Waals surface area contributed by atoms with Crippen LogP contribution in [0.3, 0.4) is 0 Å². The number of imidazole rings is 1. The van der Waals surface area contributed by atoms with E-state index in [9.17, 15) is 4.79 Å². The molecule has 1 amide bonds. The van der Waals surface area contributed by atoms with Gasteiger partial charge in [0.25, 0.3) is 0 Å². The Morgan fingerprint density at radius 2 is 2.10 bits per heavy atom. The summed E-state index contributed by atoms with van der Waals surface area (Å²) >= 11 is 0. The van der Waals surface area contributed by atoms with E-state index in [4.69, 9.17) is 4.98 Å². The lowest BCUT2D eigenvalue weighted by Crippen LogP contribution is -2.21. The average molecular weight is 271 g/mol. The number of aryl methyl sites for hydroxylation is 1. The molecule has 2 aromatic rings. The van der Waals surface area contributed by atoms with Gasteiger partial charge in [-0.05, 0) is 25.5 Å². The van der Waals surface area contributed by atoms with E-state index in [2.05, 4.69) is 22.5 Å². The minimum Gasteiger partial charge on any atom is -0.356 e. The van der Waals surface area contributed by atoms with Crippen LogP contribution in [0.25, 0.3) is 11.0 Å². The highest BCUT2D eigenvalue weighted by Crippen LogP contribution is 2.18. The predicted molar refractivity (Wildman–Crippen MR) is 81.6 cm³/mol. The van der Waals surface area contributed by atoms with Crippen LogP contribution < -0.4 is 5.32 Å². The van der Waals surface area contributed by atoms with E-state index in [0.29, 0.717) is 6.54 Å². The van der Waals surface area contributed by atoms with Crippen molar-refractivity contribution in [3.63, 3.8) is 0 Å². The fourth-order valence-electron chi connectivity index (χ4n) is 2.27. The van der Waals surface area contributed by atoms with E-state index in [1.165, 1.54) is 6.92 Å². The van der Waals surface area contributed by atoms with Crippen molar-refractivity contribution in [1.29, 1.82) is 0 Å². The summed E-state index contributed by atoms with van der Waals surface area (Å²) in [6.07, 6.45) is 1.74. The van der Waals surface area contributed by atoms with Crippen molar-refractivity contribution in [2.45, 2.75) is 33.2 Å². The lowest BCUT2D eigenvalue weighted by Gasteiger charge is -2.09. The number of nitrogens with zero attached hydrogens (tertiary/aromatic N) is 2. The van der Waals surface area contributed by atoms with E-state index in [0.717, 1.165) is 41.8 Å². The molecule has 0 aliphatic heterocycles. The Morgan fingerprint density at radius 3 is 2.80 bits per heavy atom. The maximum absolute atomic E-state index is 10.9. The third kappa shape index (κ3) is 3.47. The van der Waals surface area contributed by atoms with Crippen molar-refractivity contribution < 1.29 is 4.79 Å².